The Morgan fingerprint density at radius 3 is 1.61 bits per heavy atom. The van der Waals surface area contributed by atoms with Crippen molar-refractivity contribution < 1.29 is 5.11 Å². The van der Waals surface area contributed by atoms with Gasteiger partial charge in [-0.2, -0.15) is 0 Å². The number of hydrogen-bond donors (Lipinski definition) is 1. The van der Waals surface area contributed by atoms with Crippen LogP contribution in [0.15, 0.2) is 86.9 Å². The average molecular weight is 594 g/mol. The molecule has 0 aliphatic carbocycles. The van der Waals surface area contributed by atoms with Gasteiger partial charge in [0.25, 0.3) is 11.1 Å². The van der Waals surface area contributed by atoms with Crippen LogP contribution in [0.5, 0.6) is 5.75 Å². The van der Waals surface area contributed by atoms with E-state index >= 15 is 0 Å². The molecule has 0 radical (unpaired) electrons. The standard InChI is InChI=1S/C29H26BrClN4O3/c1-17-24(28(37)34(32(17)3)20-11-7-5-8-12-20)26(22-15-19(31)16-23(30)27(22)36)25-18(2)33(4)35(29(25)38)21-13-9-6-10-14-21/h5-16,26,36H,1-4H3. The minimum Gasteiger partial charge on any atom is -0.506 e. The van der Waals surface area contributed by atoms with Crippen molar-refractivity contribution in [2.75, 3.05) is 0 Å². The normalized spacial score (nSPS) is 11.4. The van der Waals surface area contributed by atoms with Gasteiger partial charge in [-0.1, -0.05) is 48.0 Å². The van der Waals surface area contributed by atoms with Gasteiger partial charge in [-0.05, 0) is 66.2 Å². The molecule has 2 aromatic heterocycles. The third-order valence-electron chi connectivity index (χ3n) is 7.14. The molecular weight excluding hydrogens is 568 g/mol. The molecule has 0 unspecified atom stereocenters. The highest BCUT2D eigenvalue weighted by molar-refractivity contribution is 9.10. The molecule has 9 heteroatoms. The third kappa shape index (κ3) is 4.04. The predicted octanol–water partition coefficient (Wildman–Crippen LogP) is 5.58. The molecule has 194 valence electrons. The summed E-state index contributed by atoms with van der Waals surface area (Å²) >= 11 is 9.83. The lowest BCUT2D eigenvalue weighted by Gasteiger charge is -2.19. The Labute approximate surface area is 232 Å². The Kier molecular flexibility index (Phi) is 6.71. The topological polar surface area (TPSA) is 74.1 Å². The molecule has 0 bridgehead atoms. The van der Waals surface area contributed by atoms with E-state index in [2.05, 4.69) is 15.9 Å². The molecule has 0 saturated carbocycles. The molecule has 2 heterocycles. The molecule has 0 amide bonds. The fourth-order valence-corrected chi connectivity index (χ4v) is 5.94. The number of benzene rings is 3. The van der Waals surface area contributed by atoms with Gasteiger partial charge in [0, 0.05) is 36.1 Å². The molecule has 5 rings (SSSR count). The maximum absolute atomic E-state index is 14.2. The maximum atomic E-state index is 14.2. The summed E-state index contributed by atoms with van der Waals surface area (Å²) in [5, 5.41) is 11.6. The molecule has 1 N–H and O–H groups in total. The number of aromatic nitrogens is 4. The molecule has 0 atom stereocenters. The van der Waals surface area contributed by atoms with E-state index in [9.17, 15) is 14.7 Å². The SMILES string of the molecule is Cc1c(C(c2cc(Cl)cc(Br)c2O)c2c(C)n(C)n(-c3ccccc3)c2=O)c(=O)n(-c2ccccc2)n1C. The number of phenols is 1. The number of rotatable bonds is 5. The molecule has 0 fully saturated rings. The monoisotopic (exact) mass is 592 g/mol. The summed E-state index contributed by atoms with van der Waals surface area (Å²) in [5.74, 6) is -0.973. The van der Waals surface area contributed by atoms with E-state index in [1.165, 1.54) is 0 Å². The van der Waals surface area contributed by atoms with Crippen LogP contribution in [0.2, 0.25) is 5.02 Å². The zero-order valence-corrected chi connectivity index (χ0v) is 23.7. The largest absolute Gasteiger partial charge is 0.506 e. The number of aromatic hydroxyl groups is 1. The van der Waals surface area contributed by atoms with E-state index in [4.69, 9.17) is 11.6 Å². The number of hydrogen-bond acceptors (Lipinski definition) is 3. The Hall–Kier alpha value is -3.75. The highest BCUT2D eigenvalue weighted by Gasteiger charge is 2.35. The van der Waals surface area contributed by atoms with Crippen molar-refractivity contribution in [3.05, 3.63) is 131 Å². The van der Waals surface area contributed by atoms with Gasteiger partial charge in [0.05, 0.1) is 32.9 Å². The number of halogens is 2. The predicted molar refractivity (Wildman–Crippen MR) is 153 cm³/mol. The highest BCUT2D eigenvalue weighted by Crippen LogP contribution is 2.42. The maximum Gasteiger partial charge on any atom is 0.275 e. The summed E-state index contributed by atoms with van der Waals surface area (Å²) in [5.41, 5.74) is 3.25. The van der Waals surface area contributed by atoms with Crippen LogP contribution >= 0.6 is 27.5 Å². The fraction of sp³-hybridized carbons (Fsp3) is 0.172. The van der Waals surface area contributed by atoms with E-state index in [1.54, 1.807) is 45.0 Å². The van der Waals surface area contributed by atoms with Gasteiger partial charge in [0.15, 0.2) is 0 Å². The second-order valence-corrected chi connectivity index (χ2v) is 10.5. The van der Waals surface area contributed by atoms with Crippen LogP contribution in [0, 0.1) is 13.8 Å². The molecular formula is C29H26BrClN4O3. The van der Waals surface area contributed by atoms with Crippen molar-refractivity contribution >= 4 is 27.5 Å². The van der Waals surface area contributed by atoms with Crippen molar-refractivity contribution in [2.45, 2.75) is 19.8 Å². The summed E-state index contributed by atoms with van der Waals surface area (Å²) in [6, 6.07) is 21.8. The first-order chi connectivity index (χ1) is 18.1. The van der Waals surface area contributed by atoms with Crippen LogP contribution in [0.1, 0.15) is 34.0 Å². The average Bonchev–Trinajstić information content (AvgIpc) is 3.26. The lowest BCUT2D eigenvalue weighted by Crippen LogP contribution is -2.26. The Bertz CT molecular complexity index is 1680. The Balaban J connectivity index is 1.90. The van der Waals surface area contributed by atoms with E-state index < -0.39 is 5.92 Å². The van der Waals surface area contributed by atoms with Crippen LogP contribution in [-0.2, 0) is 14.1 Å². The Morgan fingerprint density at radius 1 is 0.763 bits per heavy atom. The summed E-state index contributed by atoms with van der Waals surface area (Å²) in [6.07, 6.45) is 0. The molecule has 0 saturated heterocycles. The summed E-state index contributed by atoms with van der Waals surface area (Å²) < 4.78 is 7.05. The first-order valence-electron chi connectivity index (χ1n) is 12.0. The molecule has 5 aromatic rings. The Morgan fingerprint density at radius 2 is 1.18 bits per heavy atom. The van der Waals surface area contributed by atoms with Gasteiger partial charge in [-0.3, -0.25) is 19.0 Å². The van der Waals surface area contributed by atoms with Crippen LogP contribution in [0.4, 0.5) is 0 Å². The summed E-state index contributed by atoms with van der Waals surface area (Å²) in [6.45, 7) is 3.68. The molecule has 7 nitrogen and oxygen atoms in total. The lowest BCUT2D eigenvalue weighted by molar-refractivity contribution is 0.463. The number of nitrogens with zero attached hydrogens (tertiary/aromatic N) is 4. The van der Waals surface area contributed by atoms with E-state index in [0.29, 0.717) is 48.9 Å². The number of phenolic OH excluding ortho intramolecular Hbond substituents is 1. The van der Waals surface area contributed by atoms with Gasteiger partial charge in [0.2, 0.25) is 0 Å². The van der Waals surface area contributed by atoms with Gasteiger partial charge >= 0.3 is 0 Å². The van der Waals surface area contributed by atoms with Crippen molar-refractivity contribution in [2.24, 2.45) is 14.1 Å². The van der Waals surface area contributed by atoms with Crippen molar-refractivity contribution in [3.63, 3.8) is 0 Å². The molecule has 0 aliphatic heterocycles. The smallest absolute Gasteiger partial charge is 0.275 e. The minimum atomic E-state index is -0.891. The quantitative estimate of drug-likeness (QED) is 0.289. The second-order valence-electron chi connectivity index (χ2n) is 9.21. The first-order valence-corrected chi connectivity index (χ1v) is 13.2. The van der Waals surface area contributed by atoms with E-state index in [1.807, 2.05) is 74.5 Å². The van der Waals surface area contributed by atoms with Crippen LogP contribution in [0.25, 0.3) is 11.4 Å². The third-order valence-corrected chi connectivity index (χ3v) is 7.97. The second kappa shape index (κ2) is 9.85. The molecule has 0 spiro atoms. The zero-order valence-electron chi connectivity index (χ0n) is 21.3. The zero-order chi connectivity index (χ0) is 27.3. The van der Waals surface area contributed by atoms with E-state index in [-0.39, 0.29) is 16.9 Å². The van der Waals surface area contributed by atoms with Gasteiger partial charge in [0.1, 0.15) is 5.75 Å². The molecule has 38 heavy (non-hydrogen) atoms. The lowest BCUT2D eigenvalue weighted by atomic mass is 9.84. The van der Waals surface area contributed by atoms with Crippen molar-refractivity contribution in [1.29, 1.82) is 0 Å². The van der Waals surface area contributed by atoms with E-state index in [0.717, 1.165) is 0 Å². The molecule has 0 aliphatic rings. The van der Waals surface area contributed by atoms with Crippen molar-refractivity contribution in [1.82, 2.24) is 18.7 Å². The van der Waals surface area contributed by atoms with Crippen LogP contribution in [0.3, 0.4) is 0 Å². The van der Waals surface area contributed by atoms with Gasteiger partial charge in [-0.15, -0.1) is 0 Å². The highest BCUT2D eigenvalue weighted by atomic mass is 79.9. The fourth-order valence-electron chi connectivity index (χ4n) is 5.10. The van der Waals surface area contributed by atoms with Crippen LogP contribution in [-0.4, -0.2) is 23.8 Å². The van der Waals surface area contributed by atoms with Crippen LogP contribution < -0.4 is 11.1 Å². The van der Waals surface area contributed by atoms with Gasteiger partial charge < -0.3 is 5.11 Å². The summed E-state index contributed by atoms with van der Waals surface area (Å²) in [7, 11) is 3.61. The number of para-hydroxylation sites is 2. The minimum absolute atomic E-state index is 0.0813. The first kappa shape index (κ1) is 25.9. The molecule has 3 aromatic carbocycles. The van der Waals surface area contributed by atoms with Gasteiger partial charge in [-0.25, -0.2) is 9.36 Å². The summed E-state index contributed by atoms with van der Waals surface area (Å²) in [4.78, 5) is 28.3. The van der Waals surface area contributed by atoms with Crippen molar-refractivity contribution in [3.8, 4) is 17.1 Å².